The van der Waals surface area contributed by atoms with Gasteiger partial charge < -0.3 is 9.47 Å². The first kappa shape index (κ1) is 14.1. The number of rotatable bonds is 3. The zero-order chi connectivity index (χ0) is 13.8. The molecule has 3 nitrogen and oxygen atoms in total. The fourth-order valence-corrected chi connectivity index (χ4v) is 1.30. The Bertz CT molecular complexity index is 447. The fraction of sp³-hybridized carbons (Fsp3) is 0.250. The Morgan fingerprint density at radius 3 is 2.11 bits per heavy atom. The lowest BCUT2D eigenvalue weighted by Gasteiger charge is -2.09. The Labute approximate surface area is 102 Å². The summed E-state index contributed by atoms with van der Waals surface area (Å²) in [5.74, 6) is -0.684. The van der Waals surface area contributed by atoms with E-state index in [1.807, 2.05) is 0 Å². The highest BCUT2D eigenvalue weighted by atomic mass is 19.4. The molecule has 6 heteroatoms. The average Bonchev–Trinajstić information content (AvgIpc) is 2.34. The average molecular weight is 260 g/mol. The van der Waals surface area contributed by atoms with Crippen molar-refractivity contribution in [1.82, 2.24) is 0 Å². The molecule has 0 N–H and O–H groups in total. The molecule has 0 fully saturated rings. The molecule has 1 rings (SSSR count). The predicted octanol–water partition coefficient (Wildman–Crippen LogP) is 2.87. The topological polar surface area (TPSA) is 35.5 Å². The van der Waals surface area contributed by atoms with Crippen molar-refractivity contribution in [2.75, 3.05) is 14.2 Å². The summed E-state index contributed by atoms with van der Waals surface area (Å²) in [6.45, 7) is 0. The zero-order valence-corrected chi connectivity index (χ0v) is 9.75. The molecule has 18 heavy (non-hydrogen) atoms. The standard InChI is InChI=1S/C12H11F3O3/c1-17-7-10(11(16)18-2)8-3-5-9(6-4-8)12(13,14)15/h3-7H,1-2H3/b10-7+. The molecule has 0 saturated carbocycles. The van der Waals surface area contributed by atoms with Crippen LogP contribution in [0.4, 0.5) is 13.2 Å². The van der Waals surface area contributed by atoms with Gasteiger partial charge in [0.2, 0.25) is 0 Å². The normalized spacial score (nSPS) is 12.2. The van der Waals surface area contributed by atoms with Gasteiger partial charge in [-0.2, -0.15) is 13.2 Å². The summed E-state index contributed by atoms with van der Waals surface area (Å²) < 4.78 is 46.3. The molecule has 0 atom stereocenters. The van der Waals surface area contributed by atoms with Gasteiger partial charge in [-0.3, -0.25) is 0 Å². The summed E-state index contributed by atoms with van der Waals surface area (Å²) in [6.07, 6.45) is -3.29. The predicted molar refractivity (Wildman–Crippen MR) is 58.4 cm³/mol. The van der Waals surface area contributed by atoms with Crippen molar-refractivity contribution in [3.8, 4) is 0 Å². The van der Waals surface area contributed by atoms with Crippen molar-refractivity contribution >= 4 is 11.5 Å². The van der Waals surface area contributed by atoms with E-state index >= 15 is 0 Å². The number of hydrogen-bond donors (Lipinski definition) is 0. The van der Waals surface area contributed by atoms with Crippen LogP contribution in [-0.4, -0.2) is 20.2 Å². The van der Waals surface area contributed by atoms with Gasteiger partial charge in [0.25, 0.3) is 0 Å². The van der Waals surface area contributed by atoms with E-state index in [0.717, 1.165) is 18.4 Å². The molecule has 98 valence electrons. The maximum absolute atomic E-state index is 12.4. The van der Waals surface area contributed by atoms with E-state index in [0.29, 0.717) is 0 Å². The third kappa shape index (κ3) is 3.26. The maximum Gasteiger partial charge on any atom is 0.416 e. The van der Waals surface area contributed by atoms with Crippen molar-refractivity contribution < 1.29 is 27.4 Å². The van der Waals surface area contributed by atoms with Gasteiger partial charge >= 0.3 is 12.1 Å². The minimum absolute atomic E-state index is 0.0497. The molecule has 1 aromatic carbocycles. The summed E-state index contributed by atoms with van der Waals surface area (Å²) in [4.78, 5) is 11.4. The number of ether oxygens (including phenoxy) is 2. The van der Waals surface area contributed by atoms with E-state index in [1.165, 1.54) is 26.4 Å². The van der Waals surface area contributed by atoms with Crippen LogP contribution in [0, 0.1) is 0 Å². The fourth-order valence-electron chi connectivity index (χ4n) is 1.30. The molecule has 0 saturated heterocycles. The van der Waals surface area contributed by atoms with Crippen LogP contribution in [0.25, 0.3) is 5.57 Å². The molecule has 1 aromatic rings. The molecule has 0 heterocycles. The van der Waals surface area contributed by atoms with E-state index < -0.39 is 17.7 Å². The molecular weight excluding hydrogens is 249 g/mol. The third-order valence-electron chi connectivity index (χ3n) is 2.16. The second-order valence-electron chi connectivity index (χ2n) is 3.33. The Morgan fingerprint density at radius 1 is 1.17 bits per heavy atom. The Balaban J connectivity index is 3.10. The number of benzene rings is 1. The smallest absolute Gasteiger partial charge is 0.416 e. The van der Waals surface area contributed by atoms with E-state index in [4.69, 9.17) is 4.74 Å². The number of halogens is 3. The van der Waals surface area contributed by atoms with Crippen LogP contribution in [-0.2, 0) is 20.4 Å². The quantitative estimate of drug-likeness (QED) is 0.476. The molecule has 0 amide bonds. The number of hydrogen-bond acceptors (Lipinski definition) is 3. The monoisotopic (exact) mass is 260 g/mol. The zero-order valence-electron chi connectivity index (χ0n) is 9.75. The van der Waals surface area contributed by atoms with Gasteiger partial charge in [0.1, 0.15) is 5.57 Å². The first-order chi connectivity index (χ1) is 8.40. The largest absolute Gasteiger partial charge is 0.503 e. The number of alkyl halides is 3. The minimum Gasteiger partial charge on any atom is -0.503 e. The van der Waals surface area contributed by atoms with E-state index in [1.54, 1.807) is 0 Å². The van der Waals surface area contributed by atoms with Crippen LogP contribution in [0.15, 0.2) is 30.5 Å². The Kier molecular flexibility index (Phi) is 4.36. The van der Waals surface area contributed by atoms with Crippen molar-refractivity contribution in [3.63, 3.8) is 0 Å². The highest BCUT2D eigenvalue weighted by Crippen LogP contribution is 2.30. The molecule has 0 radical (unpaired) electrons. The van der Waals surface area contributed by atoms with Crippen LogP contribution >= 0.6 is 0 Å². The van der Waals surface area contributed by atoms with Gasteiger partial charge in [-0.1, -0.05) is 12.1 Å². The number of carbonyl (C=O) groups is 1. The Hall–Kier alpha value is -1.98. The van der Waals surface area contributed by atoms with Gasteiger partial charge in [0, 0.05) is 0 Å². The summed E-state index contributed by atoms with van der Waals surface area (Å²) >= 11 is 0. The second kappa shape index (κ2) is 5.57. The van der Waals surface area contributed by atoms with Crippen molar-refractivity contribution in [2.24, 2.45) is 0 Å². The summed E-state index contributed by atoms with van der Waals surface area (Å²) in [5, 5.41) is 0. The first-order valence-electron chi connectivity index (χ1n) is 4.89. The number of esters is 1. The highest BCUT2D eigenvalue weighted by Gasteiger charge is 2.30. The van der Waals surface area contributed by atoms with Crippen LogP contribution < -0.4 is 0 Å². The van der Waals surface area contributed by atoms with Gasteiger partial charge in [0.05, 0.1) is 26.0 Å². The summed E-state index contributed by atoms with van der Waals surface area (Å²) in [6, 6.07) is 4.15. The molecular formula is C12H11F3O3. The molecule has 0 unspecified atom stereocenters. The van der Waals surface area contributed by atoms with Gasteiger partial charge in [-0.05, 0) is 17.7 Å². The maximum atomic E-state index is 12.4. The van der Waals surface area contributed by atoms with E-state index in [9.17, 15) is 18.0 Å². The Morgan fingerprint density at radius 2 is 1.72 bits per heavy atom. The lowest BCUT2D eigenvalue weighted by molar-refractivity contribution is -0.137. The lowest BCUT2D eigenvalue weighted by atomic mass is 10.1. The molecule has 0 aliphatic carbocycles. The third-order valence-corrected chi connectivity index (χ3v) is 2.16. The first-order valence-corrected chi connectivity index (χ1v) is 4.89. The van der Waals surface area contributed by atoms with Gasteiger partial charge in [0.15, 0.2) is 0 Å². The van der Waals surface area contributed by atoms with E-state index in [2.05, 4.69) is 4.74 Å². The molecule has 0 aliphatic heterocycles. The lowest BCUT2D eigenvalue weighted by Crippen LogP contribution is -2.07. The number of carbonyl (C=O) groups excluding carboxylic acids is 1. The van der Waals surface area contributed by atoms with Crippen LogP contribution in [0.3, 0.4) is 0 Å². The molecule has 0 spiro atoms. The van der Waals surface area contributed by atoms with E-state index in [-0.39, 0.29) is 11.1 Å². The highest BCUT2D eigenvalue weighted by molar-refractivity contribution is 6.16. The SMILES string of the molecule is CO/C=C(/C(=O)OC)c1ccc(C(F)(F)F)cc1. The number of methoxy groups -OCH3 is 2. The van der Waals surface area contributed by atoms with Crippen LogP contribution in [0.5, 0.6) is 0 Å². The molecule has 0 bridgehead atoms. The van der Waals surface area contributed by atoms with Crippen molar-refractivity contribution in [2.45, 2.75) is 6.18 Å². The summed E-state index contributed by atoms with van der Waals surface area (Å²) in [7, 11) is 2.50. The molecule has 0 aliphatic rings. The van der Waals surface area contributed by atoms with Gasteiger partial charge in [-0.25, -0.2) is 4.79 Å². The van der Waals surface area contributed by atoms with Crippen LogP contribution in [0.2, 0.25) is 0 Å². The summed E-state index contributed by atoms with van der Waals surface area (Å²) in [5.41, 5.74) is -0.446. The molecule has 0 aromatic heterocycles. The van der Waals surface area contributed by atoms with Gasteiger partial charge in [-0.15, -0.1) is 0 Å². The second-order valence-corrected chi connectivity index (χ2v) is 3.33. The minimum atomic E-state index is -4.41. The van der Waals surface area contributed by atoms with Crippen molar-refractivity contribution in [1.29, 1.82) is 0 Å². The van der Waals surface area contributed by atoms with Crippen molar-refractivity contribution in [3.05, 3.63) is 41.7 Å². The van der Waals surface area contributed by atoms with Crippen LogP contribution in [0.1, 0.15) is 11.1 Å².